The van der Waals surface area contributed by atoms with Crippen LogP contribution in [0.5, 0.6) is 0 Å². The van der Waals surface area contributed by atoms with E-state index in [-0.39, 0.29) is 12.1 Å². The van der Waals surface area contributed by atoms with Gasteiger partial charge in [-0.15, -0.1) is 0 Å². The van der Waals surface area contributed by atoms with Gasteiger partial charge in [0.2, 0.25) is 0 Å². The zero-order valence-corrected chi connectivity index (χ0v) is 11.4. The molecule has 0 aliphatic heterocycles. The lowest BCUT2D eigenvalue weighted by molar-refractivity contribution is 0.0684. The number of nitrogens with two attached hydrogens (primary N) is 1. The summed E-state index contributed by atoms with van der Waals surface area (Å²) < 4.78 is 6.73. The summed E-state index contributed by atoms with van der Waals surface area (Å²) in [4.78, 5) is 0. The monoisotopic (exact) mass is 319 g/mol. The van der Waals surface area contributed by atoms with Gasteiger partial charge in [0.1, 0.15) is 0 Å². The third-order valence-corrected chi connectivity index (χ3v) is 2.77. The Hall–Kier alpha value is -0.130. The second-order valence-electron chi connectivity index (χ2n) is 3.97. The van der Waals surface area contributed by atoms with Crippen LogP contribution in [0.4, 0.5) is 0 Å². The van der Waals surface area contributed by atoms with Crippen LogP contribution >= 0.6 is 22.6 Å². The highest BCUT2D eigenvalue weighted by Gasteiger charge is 2.05. The highest BCUT2D eigenvalue weighted by Crippen LogP contribution is 2.08. The lowest BCUT2D eigenvalue weighted by atomic mass is 10.1. The molecule has 3 heteroatoms. The van der Waals surface area contributed by atoms with Crippen LogP contribution in [0.3, 0.4) is 0 Å². The van der Waals surface area contributed by atoms with Crippen LogP contribution in [0.1, 0.15) is 19.4 Å². The summed E-state index contributed by atoms with van der Waals surface area (Å²) in [5, 5.41) is 0. The minimum absolute atomic E-state index is 0.0902. The first-order valence-electron chi connectivity index (χ1n) is 5.19. The van der Waals surface area contributed by atoms with Gasteiger partial charge < -0.3 is 10.5 Å². The molecule has 0 heterocycles. The molecule has 0 aliphatic carbocycles. The first-order chi connectivity index (χ1) is 7.08. The highest BCUT2D eigenvalue weighted by atomic mass is 127. The first-order valence-corrected chi connectivity index (χ1v) is 6.27. The maximum atomic E-state index is 5.97. The van der Waals surface area contributed by atoms with Gasteiger partial charge in [-0.25, -0.2) is 0 Å². The third kappa shape index (κ3) is 5.49. The Morgan fingerprint density at radius 1 is 1.27 bits per heavy atom. The van der Waals surface area contributed by atoms with Crippen LogP contribution in [0.2, 0.25) is 0 Å². The molecular weight excluding hydrogens is 301 g/mol. The van der Waals surface area contributed by atoms with E-state index in [0.29, 0.717) is 6.61 Å². The topological polar surface area (TPSA) is 35.2 Å². The summed E-state index contributed by atoms with van der Waals surface area (Å²) in [6.07, 6.45) is 1.14. The van der Waals surface area contributed by atoms with Crippen LogP contribution in [0, 0.1) is 3.57 Å². The molecule has 1 atom stereocenters. The molecule has 0 fully saturated rings. The van der Waals surface area contributed by atoms with Gasteiger partial charge in [0.05, 0.1) is 12.7 Å². The quantitative estimate of drug-likeness (QED) is 0.847. The average Bonchev–Trinajstić information content (AvgIpc) is 2.19. The fourth-order valence-corrected chi connectivity index (χ4v) is 1.66. The standard InChI is InChI=1S/C12H18INO/c1-9(2)15-8-12(14)7-10-3-5-11(13)6-4-10/h3-6,9,12H,7-8,14H2,1-2H3. The van der Waals surface area contributed by atoms with Crippen molar-refractivity contribution in [2.24, 2.45) is 5.73 Å². The van der Waals surface area contributed by atoms with Crippen LogP contribution in [-0.2, 0) is 11.2 Å². The van der Waals surface area contributed by atoms with Crippen molar-refractivity contribution in [2.45, 2.75) is 32.4 Å². The maximum Gasteiger partial charge on any atom is 0.0624 e. The molecule has 0 saturated carbocycles. The molecule has 84 valence electrons. The molecule has 0 aliphatic rings. The van der Waals surface area contributed by atoms with Crippen molar-refractivity contribution in [1.29, 1.82) is 0 Å². The zero-order valence-electron chi connectivity index (χ0n) is 9.24. The molecule has 15 heavy (non-hydrogen) atoms. The molecule has 0 radical (unpaired) electrons. The predicted octanol–water partition coefficient (Wildman–Crippen LogP) is 2.59. The molecule has 1 rings (SSSR count). The van der Waals surface area contributed by atoms with Crippen LogP contribution in [0.15, 0.2) is 24.3 Å². The number of hydrogen-bond acceptors (Lipinski definition) is 2. The molecule has 0 amide bonds. The Kier molecular flexibility index (Phi) is 5.56. The Morgan fingerprint density at radius 3 is 2.40 bits per heavy atom. The molecular formula is C12H18INO. The van der Waals surface area contributed by atoms with Gasteiger partial charge >= 0.3 is 0 Å². The van der Waals surface area contributed by atoms with Crippen molar-refractivity contribution < 1.29 is 4.74 Å². The zero-order chi connectivity index (χ0) is 11.3. The lowest BCUT2D eigenvalue weighted by Gasteiger charge is -2.14. The van der Waals surface area contributed by atoms with E-state index >= 15 is 0 Å². The predicted molar refractivity (Wildman–Crippen MR) is 71.9 cm³/mol. The van der Waals surface area contributed by atoms with E-state index in [2.05, 4.69) is 46.9 Å². The van der Waals surface area contributed by atoms with Crippen molar-refractivity contribution >= 4 is 22.6 Å². The number of hydrogen-bond donors (Lipinski definition) is 1. The van der Waals surface area contributed by atoms with Gasteiger partial charge in [0.15, 0.2) is 0 Å². The van der Waals surface area contributed by atoms with E-state index in [1.54, 1.807) is 0 Å². The molecule has 2 N–H and O–H groups in total. The van der Waals surface area contributed by atoms with Crippen LogP contribution < -0.4 is 5.73 Å². The van der Waals surface area contributed by atoms with Gasteiger partial charge in [-0.3, -0.25) is 0 Å². The molecule has 1 aromatic rings. The van der Waals surface area contributed by atoms with E-state index in [0.717, 1.165) is 6.42 Å². The van der Waals surface area contributed by atoms with E-state index in [9.17, 15) is 0 Å². The van der Waals surface area contributed by atoms with Crippen LogP contribution in [0.25, 0.3) is 0 Å². The van der Waals surface area contributed by atoms with Gasteiger partial charge in [-0.1, -0.05) is 12.1 Å². The summed E-state index contributed by atoms with van der Waals surface area (Å²) in [5.74, 6) is 0. The number of benzene rings is 1. The Balaban J connectivity index is 2.37. The fraction of sp³-hybridized carbons (Fsp3) is 0.500. The van der Waals surface area contributed by atoms with Crippen molar-refractivity contribution in [3.05, 3.63) is 33.4 Å². The second-order valence-corrected chi connectivity index (χ2v) is 5.22. The Bertz CT molecular complexity index is 284. The highest BCUT2D eigenvalue weighted by molar-refractivity contribution is 14.1. The number of rotatable bonds is 5. The van der Waals surface area contributed by atoms with Crippen molar-refractivity contribution in [2.75, 3.05) is 6.61 Å². The van der Waals surface area contributed by atoms with Crippen molar-refractivity contribution in [3.63, 3.8) is 0 Å². The Labute approximate surface area is 105 Å². The van der Waals surface area contributed by atoms with E-state index in [4.69, 9.17) is 10.5 Å². The van der Waals surface area contributed by atoms with Gasteiger partial charge in [-0.05, 0) is 60.6 Å². The molecule has 1 aromatic carbocycles. The number of halogens is 1. The molecule has 2 nitrogen and oxygen atoms in total. The summed E-state index contributed by atoms with van der Waals surface area (Å²) in [6.45, 7) is 4.68. The normalized spacial score (nSPS) is 13.1. The molecule has 0 bridgehead atoms. The van der Waals surface area contributed by atoms with Gasteiger partial charge in [0, 0.05) is 9.61 Å². The summed E-state index contributed by atoms with van der Waals surface area (Å²) in [7, 11) is 0. The molecule has 0 spiro atoms. The third-order valence-electron chi connectivity index (χ3n) is 2.05. The molecule has 1 unspecified atom stereocenters. The summed E-state index contributed by atoms with van der Waals surface area (Å²) in [5.41, 5.74) is 7.24. The van der Waals surface area contributed by atoms with Gasteiger partial charge in [0.25, 0.3) is 0 Å². The van der Waals surface area contributed by atoms with Crippen molar-refractivity contribution in [1.82, 2.24) is 0 Å². The lowest BCUT2D eigenvalue weighted by Crippen LogP contribution is -2.30. The smallest absolute Gasteiger partial charge is 0.0624 e. The minimum atomic E-state index is 0.0902. The summed E-state index contributed by atoms with van der Waals surface area (Å²) >= 11 is 2.30. The van der Waals surface area contributed by atoms with Gasteiger partial charge in [-0.2, -0.15) is 0 Å². The largest absolute Gasteiger partial charge is 0.377 e. The van der Waals surface area contributed by atoms with E-state index in [1.165, 1.54) is 9.13 Å². The van der Waals surface area contributed by atoms with E-state index < -0.39 is 0 Å². The van der Waals surface area contributed by atoms with E-state index in [1.807, 2.05) is 13.8 Å². The number of ether oxygens (including phenoxy) is 1. The maximum absolute atomic E-state index is 5.97. The first kappa shape index (κ1) is 12.9. The summed E-state index contributed by atoms with van der Waals surface area (Å²) in [6, 6.07) is 8.54. The van der Waals surface area contributed by atoms with Crippen LogP contribution in [-0.4, -0.2) is 18.8 Å². The Morgan fingerprint density at radius 2 is 1.87 bits per heavy atom. The molecule has 0 saturated heterocycles. The fourth-order valence-electron chi connectivity index (χ4n) is 1.30. The second kappa shape index (κ2) is 6.45. The molecule has 0 aromatic heterocycles. The SMILES string of the molecule is CC(C)OCC(N)Cc1ccc(I)cc1. The van der Waals surface area contributed by atoms with Crippen molar-refractivity contribution in [3.8, 4) is 0 Å². The average molecular weight is 319 g/mol. The minimum Gasteiger partial charge on any atom is -0.377 e.